The molecule has 0 spiro atoms. The van der Waals surface area contributed by atoms with E-state index in [2.05, 4.69) is 233 Å². The van der Waals surface area contributed by atoms with Gasteiger partial charge in [-0.2, -0.15) is 0 Å². The normalized spacial score (nSPS) is 14.2. The van der Waals surface area contributed by atoms with Crippen LogP contribution in [0.1, 0.15) is 49.9 Å². The summed E-state index contributed by atoms with van der Waals surface area (Å²) in [4.78, 5) is 2.41. The number of anilines is 3. The summed E-state index contributed by atoms with van der Waals surface area (Å²) in [6.45, 7) is 9.47. The first kappa shape index (κ1) is 35.7. The van der Waals surface area contributed by atoms with Crippen LogP contribution in [0.4, 0.5) is 17.1 Å². The second-order valence-electron chi connectivity index (χ2n) is 18.1. The highest BCUT2D eigenvalue weighted by molar-refractivity contribution is 6.15. The lowest BCUT2D eigenvalue weighted by molar-refractivity contribution is 0.660. The summed E-state index contributed by atoms with van der Waals surface area (Å²) in [6.07, 6.45) is 0. The van der Waals surface area contributed by atoms with Crippen LogP contribution in [0.25, 0.3) is 76.8 Å². The second kappa shape index (κ2) is 13.1. The maximum absolute atomic E-state index is 2.44. The SMILES string of the molecule is CC1(C)c2ccccc2-c2ccc(N(c3ccc(-c4ccc(-c5cc6c7c(ccc8cccc(c87)C6(C)C)c5)cc4)cc3)c3ccc(-c4cccc5ccccc45)cc3)cc21. The molecule has 0 heterocycles. The van der Waals surface area contributed by atoms with Gasteiger partial charge in [0.1, 0.15) is 0 Å². The van der Waals surface area contributed by atoms with Crippen molar-refractivity contribution in [1.82, 2.24) is 0 Å². The highest BCUT2D eigenvalue weighted by atomic mass is 15.1. The van der Waals surface area contributed by atoms with Crippen molar-refractivity contribution in [3.63, 3.8) is 0 Å². The maximum Gasteiger partial charge on any atom is 0.0465 e. The van der Waals surface area contributed by atoms with Crippen LogP contribution in [0.3, 0.4) is 0 Å². The molecule has 0 atom stereocenters. The fourth-order valence-electron chi connectivity index (χ4n) is 10.8. The average molecular weight is 780 g/mol. The molecule has 290 valence electrons. The zero-order valence-corrected chi connectivity index (χ0v) is 35.0. The van der Waals surface area contributed by atoms with Crippen LogP contribution in [0.2, 0.25) is 0 Å². The van der Waals surface area contributed by atoms with Crippen LogP contribution >= 0.6 is 0 Å². The number of hydrogen-bond donors (Lipinski definition) is 0. The van der Waals surface area contributed by atoms with Crippen molar-refractivity contribution in [2.75, 3.05) is 4.90 Å². The highest BCUT2D eigenvalue weighted by Crippen LogP contribution is 2.52. The van der Waals surface area contributed by atoms with Gasteiger partial charge in [0.25, 0.3) is 0 Å². The Balaban J connectivity index is 0.904. The smallest absolute Gasteiger partial charge is 0.0465 e. The molecule has 0 bridgehead atoms. The fraction of sp³-hybridized carbons (Fsp3) is 0.100. The van der Waals surface area contributed by atoms with Crippen molar-refractivity contribution < 1.29 is 0 Å². The Hall–Kier alpha value is -7.22. The van der Waals surface area contributed by atoms with Crippen molar-refractivity contribution in [3.05, 3.63) is 222 Å². The molecule has 0 radical (unpaired) electrons. The summed E-state index contributed by atoms with van der Waals surface area (Å²) in [5.41, 5.74) is 18.9. The van der Waals surface area contributed by atoms with Gasteiger partial charge in [0.2, 0.25) is 0 Å². The van der Waals surface area contributed by atoms with Crippen molar-refractivity contribution in [2.45, 2.75) is 38.5 Å². The van der Waals surface area contributed by atoms with Gasteiger partial charge in [-0.05, 0) is 148 Å². The molecule has 2 aliphatic carbocycles. The summed E-state index contributed by atoms with van der Waals surface area (Å²) in [5, 5.41) is 8.02. The minimum Gasteiger partial charge on any atom is -0.310 e. The average Bonchev–Trinajstić information content (AvgIpc) is 3.68. The van der Waals surface area contributed by atoms with E-state index < -0.39 is 0 Å². The van der Waals surface area contributed by atoms with Crippen LogP contribution in [0, 0.1) is 0 Å². The van der Waals surface area contributed by atoms with E-state index in [9.17, 15) is 0 Å². The molecule has 0 amide bonds. The van der Waals surface area contributed by atoms with Gasteiger partial charge in [-0.25, -0.2) is 0 Å². The van der Waals surface area contributed by atoms with Gasteiger partial charge >= 0.3 is 0 Å². The minimum absolute atomic E-state index is 0.0349. The number of hydrogen-bond acceptors (Lipinski definition) is 1. The van der Waals surface area contributed by atoms with E-state index in [1.54, 1.807) is 0 Å². The predicted octanol–water partition coefficient (Wildman–Crippen LogP) is 16.6. The van der Waals surface area contributed by atoms with E-state index in [1.165, 1.54) is 99.1 Å². The Kier molecular flexibility index (Phi) is 7.69. The highest BCUT2D eigenvalue weighted by Gasteiger charge is 2.36. The second-order valence-corrected chi connectivity index (χ2v) is 18.1. The van der Waals surface area contributed by atoms with E-state index in [4.69, 9.17) is 0 Å². The van der Waals surface area contributed by atoms with Gasteiger partial charge in [-0.1, -0.05) is 179 Å². The molecule has 61 heavy (non-hydrogen) atoms. The zero-order valence-electron chi connectivity index (χ0n) is 35.0. The molecule has 0 saturated carbocycles. The van der Waals surface area contributed by atoms with Crippen molar-refractivity contribution >= 4 is 49.4 Å². The molecule has 1 heteroatoms. The first-order chi connectivity index (χ1) is 29.7. The van der Waals surface area contributed by atoms with Crippen LogP contribution in [0.5, 0.6) is 0 Å². The Morgan fingerprint density at radius 2 is 0.803 bits per heavy atom. The first-order valence-corrected chi connectivity index (χ1v) is 21.6. The lowest BCUT2D eigenvalue weighted by Gasteiger charge is -2.28. The molecular weight excluding hydrogens is 735 g/mol. The van der Waals surface area contributed by atoms with E-state index >= 15 is 0 Å². The molecule has 10 aromatic carbocycles. The summed E-state index contributed by atoms with van der Waals surface area (Å²) < 4.78 is 0. The van der Waals surface area contributed by atoms with E-state index in [1.807, 2.05) is 0 Å². The zero-order chi connectivity index (χ0) is 41.0. The molecular formula is C60H45N. The molecule has 1 nitrogen and oxygen atoms in total. The quantitative estimate of drug-likeness (QED) is 0.152. The standard InChI is InChI=1S/C60H45N/c1-59(2)53-17-8-7-15-51(53)52-34-33-48(37-55(52)59)61(47-31-27-42(28-32-47)50-16-9-12-41-11-5-6-14-49(41)50)46-29-25-39(26-30-46)38-19-21-40(22-20-38)45-35-44-24-23-43-13-10-18-54-57(43)58(44)56(36-45)60(54,3)4/h5-37H,1-4H3. The molecule has 0 saturated heterocycles. The Labute approximate surface area is 358 Å². The Morgan fingerprint density at radius 1 is 0.295 bits per heavy atom. The molecule has 0 unspecified atom stereocenters. The van der Waals surface area contributed by atoms with Gasteiger partial charge in [0.05, 0.1) is 0 Å². The van der Waals surface area contributed by atoms with Crippen molar-refractivity contribution in [3.8, 4) is 44.5 Å². The van der Waals surface area contributed by atoms with Crippen molar-refractivity contribution in [2.24, 2.45) is 0 Å². The molecule has 2 aliphatic rings. The number of rotatable bonds is 6. The monoisotopic (exact) mass is 779 g/mol. The van der Waals surface area contributed by atoms with E-state index in [0.29, 0.717) is 0 Å². The number of nitrogens with zero attached hydrogens (tertiary/aromatic N) is 1. The minimum atomic E-state index is -0.0971. The van der Waals surface area contributed by atoms with Gasteiger partial charge in [0.15, 0.2) is 0 Å². The fourth-order valence-corrected chi connectivity index (χ4v) is 10.8. The molecule has 0 N–H and O–H groups in total. The molecule has 10 aromatic rings. The topological polar surface area (TPSA) is 3.24 Å². The first-order valence-electron chi connectivity index (χ1n) is 21.6. The van der Waals surface area contributed by atoms with Crippen molar-refractivity contribution in [1.29, 1.82) is 0 Å². The third kappa shape index (κ3) is 5.40. The van der Waals surface area contributed by atoms with Gasteiger partial charge < -0.3 is 4.90 Å². The predicted molar refractivity (Wildman–Crippen MR) is 260 cm³/mol. The number of benzene rings is 10. The summed E-state index contributed by atoms with van der Waals surface area (Å²) in [7, 11) is 0. The van der Waals surface area contributed by atoms with Gasteiger partial charge in [0, 0.05) is 27.9 Å². The van der Waals surface area contributed by atoms with E-state index in [0.717, 1.165) is 17.1 Å². The van der Waals surface area contributed by atoms with Gasteiger partial charge in [-0.15, -0.1) is 0 Å². The van der Waals surface area contributed by atoms with Crippen LogP contribution in [-0.2, 0) is 10.8 Å². The lowest BCUT2D eigenvalue weighted by Crippen LogP contribution is -2.16. The Bertz CT molecular complexity index is 3380. The summed E-state index contributed by atoms with van der Waals surface area (Å²) >= 11 is 0. The van der Waals surface area contributed by atoms with Crippen LogP contribution < -0.4 is 4.90 Å². The third-order valence-electron chi connectivity index (χ3n) is 14.0. The van der Waals surface area contributed by atoms with E-state index in [-0.39, 0.29) is 10.8 Å². The van der Waals surface area contributed by atoms with Gasteiger partial charge in [-0.3, -0.25) is 0 Å². The Morgan fingerprint density at radius 3 is 1.57 bits per heavy atom. The molecule has 0 fully saturated rings. The largest absolute Gasteiger partial charge is 0.310 e. The summed E-state index contributed by atoms with van der Waals surface area (Å²) in [5.74, 6) is 0. The maximum atomic E-state index is 2.44. The third-order valence-corrected chi connectivity index (χ3v) is 14.0. The lowest BCUT2D eigenvalue weighted by atomic mass is 9.81. The molecule has 0 aromatic heterocycles. The number of fused-ring (bicyclic) bond motifs is 4. The van der Waals surface area contributed by atoms with Crippen LogP contribution in [0.15, 0.2) is 200 Å². The molecule has 0 aliphatic heterocycles. The van der Waals surface area contributed by atoms with Crippen LogP contribution in [-0.4, -0.2) is 0 Å². The molecule has 12 rings (SSSR count). The summed E-state index contributed by atoms with van der Waals surface area (Å²) in [6, 6.07) is 74.7.